The van der Waals surface area contributed by atoms with Gasteiger partial charge in [0.05, 0.1) is 9.79 Å². The normalized spacial score (nSPS) is 11.7. The summed E-state index contributed by atoms with van der Waals surface area (Å²) in [4.78, 5) is 0.437. The SMILES string of the molecule is CS(=O)(=O)c1ccc(-c2cc(F)ccc2CNc2ccc(CSCc3ccc(NCc4ccc(F)cc4-c4ccc(S(C)(=O)=O)cc4)cc3)cc2)cc1. The van der Waals surface area contributed by atoms with E-state index < -0.39 is 19.7 Å². The summed E-state index contributed by atoms with van der Waals surface area (Å²) >= 11 is 1.81. The number of sulfone groups is 2. The molecule has 0 saturated carbocycles. The molecule has 11 heteroatoms. The summed E-state index contributed by atoms with van der Waals surface area (Å²) in [5.41, 5.74) is 8.90. The van der Waals surface area contributed by atoms with Gasteiger partial charge in [0.1, 0.15) is 11.6 Å². The second-order valence-electron chi connectivity index (χ2n) is 12.8. The van der Waals surface area contributed by atoms with Crippen LogP contribution in [-0.4, -0.2) is 29.3 Å². The fourth-order valence-corrected chi connectivity index (χ4v) is 8.04. The summed E-state index contributed by atoms with van der Waals surface area (Å²) in [6, 6.07) is 38.7. The summed E-state index contributed by atoms with van der Waals surface area (Å²) < 4.78 is 75.8. The molecule has 0 spiro atoms. The Morgan fingerprint density at radius 3 is 1.19 bits per heavy atom. The third-order valence-corrected chi connectivity index (χ3v) is 12.1. The largest absolute Gasteiger partial charge is 0.381 e. The van der Waals surface area contributed by atoms with Crippen LogP contribution in [-0.2, 0) is 44.3 Å². The highest BCUT2D eigenvalue weighted by Crippen LogP contribution is 2.29. The highest BCUT2D eigenvalue weighted by Gasteiger charge is 2.12. The molecule has 6 rings (SSSR count). The Hall–Kier alpha value is -4.97. The van der Waals surface area contributed by atoms with Gasteiger partial charge < -0.3 is 10.6 Å². The van der Waals surface area contributed by atoms with Gasteiger partial charge in [0, 0.05) is 48.5 Å². The predicted molar refractivity (Wildman–Crippen MR) is 212 cm³/mol. The van der Waals surface area contributed by atoms with Crippen molar-refractivity contribution in [2.24, 2.45) is 0 Å². The number of hydrogen-bond acceptors (Lipinski definition) is 7. The van der Waals surface area contributed by atoms with Gasteiger partial charge in [-0.15, -0.1) is 0 Å². The molecule has 0 fully saturated rings. The first-order valence-corrected chi connectivity index (χ1v) is 21.7. The minimum atomic E-state index is -3.32. The van der Waals surface area contributed by atoms with Crippen LogP contribution in [0.1, 0.15) is 22.3 Å². The highest BCUT2D eigenvalue weighted by atomic mass is 32.2. The van der Waals surface area contributed by atoms with Crippen molar-refractivity contribution in [1.82, 2.24) is 0 Å². The maximum absolute atomic E-state index is 14.2. The van der Waals surface area contributed by atoms with Gasteiger partial charge in [0.25, 0.3) is 0 Å². The van der Waals surface area contributed by atoms with Crippen molar-refractivity contribution < 1.29 is 25.6 Å². The van der Waals surface area contributed by atoms with Gasteiger partial charge in [-0.25, -0.2) is 25.6 Å². The van der Waals surface area contributed by atoms with E-state index in [1.165, 1.54) is 35.4 Å². The van der Waals surface area contributed by atoms with Gasteiger partial charge in [0.2, 0.25) is 0 Å². The van der Waals surface area contributed by atoms with Gasteiger partial charge in [-0.1, -0.05) is 60.7 Å². The lowest BCUT2D eigenvalue weighted by atomic mass is 9.99. The molecule has 6 aromatic rings. The lowest BCUT2D eigenvalue weighted by Crippen LogP contribution is -2.02. The van der Waals surface area contributed by atoms with E-state index in [4.69, 9.17) is 0 Å². The van der Waals surface area contributed by atoms with Crippen molar-refractivity contribution in [3.63, 3.8) is 0 Å². The van der Waals surface area contributed by atoms with E-state index in [0.717, 1.165) is 57.6 Å². The Bertz CT molecular complexity index is 2250. The molecule has 6 aromatic carbocycles. The Morgan fingerprint density at radius 1 is 0.491 bits per heavy atom. The second kappa shape index (κ2) is 16.4. The van der Waals surface area contributed by atoms with Crippen molar-refractivity contribution in [1.29, 1.82) is 0 Å². The lowest BCUT2D eigenvalue weighted by molar-refractivity contribution is 0.600. The number of rotatable bonds is 14. The van der Waals surface area contributed by atoms with E-state index in [9.17, 15) is 25.6 Å². The molecule has 6 nitrogen and oxygen atoms in total. The zero-order valence-corrected chi connectivity index (χ0v) is 31.6. The number of nitrogens with one attached hydrogen (secondary N) is 2. The summed E-state index contributed by atoms with van der Waals surface area (Å²) in [5.74, 6) is 0.954. The minimum Gasteiger partial charge on any atom is -0.381 e. The molecular weight excluding hydrogens is 731 g/mol. The van der Waals surface area contributed by atoms with Gasteiger partial charge in [-0.3, -0.25) is 0 Å². The summed E-state index contributed by atoms with van der Waals surface area (Å²) in [5, 5.41) is 6.83. The van der Waals surface area contributed by atoms with Crippen LogP contribution in [0.4, 0.5) is 20.2 Å². The average Bonchev–Trinajstić information content (AvgIpc) is 3.14. The smallest absolute Gasteiger partial charge is 0.175 e. The first-order chi connectivity index (χ1) is 25.3. The van der Waals surface area contributed by atoms with Crippen LogP contribution >= 0.6 is 11.8 Å². The number of halogens is 2. The molecule has 272 valence electrons. The molecule has 0 aromatic heterocycles. The zero-order valence-electron chi connectivity index (χ0n) is 29.1. The number of hydrogen-bond donors (Lipinski definition) is 2. The molecule has 0 amide bonds. The first kappa shape index (κ1) is 37.8. The van der Waals surface area contributed by atoms with E-state index >= 15 is 0 Å². The highest BCUT2D eigenvalue weighted by molar-refractivity contribution is 7.97. The van der Waals surface area contributed by atoms with Crippen LogP contribution in [0, 0.1) is 11.6 Å². The van der Waals surface area contributed by atoms with Crippen LogP contribution < -0.4 is 10.6 Å². The minimum absolute atomic E-state index is 0.219. The molecule has 53 heavy (non-hydrogen) atoms. The Morgan fingerprint density at radius 2 is 0.849 bits per heavy atom. The van der Waals surface area contributed by atoms with Crippen molar-refractivity contribution in [3.8, 4) is 22.3 Å². The molecule has 0 aliphatic carbocycles. The Balaban J connectivity index is 0.992. The van der Waals surface area contributed by atoms with Crippen LogP contribution in [0.25, 0.3) is 22.3 Å². The fraction of sp³-hybridized carbons (Fsp3) is 0.143. The van der Waals surface area contributed by atoms with Crippen LogP contribution in [0.2, 0.25) is 0 Å². The topological polar surface area (TPSA) is 92.3 Å². The van der Waals surface area contributed by atoms with E-state index in [1.807, 2.05) is 36.0 Å². The molecule has 0 radical (unpaired) electrons. The second-order valence-corrected chi connectivity index (χ2v) is 17.8. The number of thioether (sulfide) groups is 1. The summed E-state index contributed by atoms with van der Waals surface area (Å²) in [6.45, 7) is 0.934. The lowest BCUT2D eigenvalue weighted by Gasteiger charge is -2.13. The first-order valence-electron chi connectivity index (χ1n) is 16.7. The monoisotopic (exact) mass is 768 g/mol. The summed E-state index contributed by atoms with van der Waals surface area (Å²) in [7, 11) is -6.65. The Kier molecular flexibility index (Phi) is 11.7. The average molecular weight is 769 g/mol. The molecule has 0 unspecified atom stereocenters. The quantitative estimate of drug-likeness (QED) is 0.114. The molecule has 2 N–H and O–H groups in total. The predicted octanol–water partition coefficient (Wildman–Crippen LogP) is 9.76. The standard InChI is InChI=1S/C42H38F2N2O4S3/c1-52(47,48)39-19-9-31(10-20-39)41-23-35(43)13-7-33(41)25-45-37-15-3-29(4-16-37)27-51-28-30-5-17-38(18-6-30)46-26-34-8-14-36(44)24-42(34)32-11-21-40(22-12-32)53(2,49)50/h3-24,45-46H,25-28H2,1-2H3. The Labute approximate surface area is 314 Å². The van der Waals surface area contributed by atoms with Crippen molar-refractivity contribution in [2.75, 3.05) is 23.1 Å². The maximum atomic E-state index is 14.2. The van der Waals surface area contributed by atoms with E-state index in [0.29, 0.717) is 24.2 Å². The van der Waals surface area contributed by atoms with Crippen LogP contribution in [0.15, 0.2) is 143 Å². The maximum Gasteiger partial charge on any atom is 0.175 e. The van der Waals surface area contributed by atoms with E-state index in [1.54, 1.807) is 60.7 Å². The van der Waals surface area contributed by atoms with Crippen LogP contribution in [0.3, 0.4) is 0 Å². The molecule has 0 aliphatic rings. The third kappa shape index (κ3) is 10.1. The van der Waals surface area contributed by atoms with Gasteiger partial charge in [0.15, 0.2) is 19.7 Å². The molecule has 0 saturated heterocycles. The van der Waals surface area contributed by atoms with Gasteiger partial charge in [-0.05, 0) is 117 Å². The third-order valence-electron chi connectivity index (χ3n) is 8.74. The van der Waals surface area contributed by atoms with E-state index in [-0.39, 0.29) is 21.4 Å². The molecule has 0 atom stereocenters. The van der Waals surface area contributed by atoms with Crippen molar-refractivity contribution in [3.05, 3.63) is 167 Å². The molecule has 0 aliphatic heterocycles. The number of benzene rings is 6. The molecular formula is C42H38F2N2O4S3. The molecule has 0 heterocycles. The van der Waals surface area contributed by atoms with Crippen molar-refractivity contribution >= 4 is 42.8 Å². The van der Waals surface area contributed by atoms with Crippen LogP contribution in [0.5, 0.6) is 0 Å². The molecule has 0 bridgehead atoms. The van der Waals surface area contributed by atoms with Gasteiger partial charge in [-0.2, -0.15) is 11.8 Å². The van der Waals surface area contributed by atoms with E-state index in [2.05, 4.69) is 34.9 Å². The van der Waals surface area contributed by atoms with Crippen molar-refractivity contribution in [2.45, 2.75) is 34.4 Å². The fourth-order valence-electron chi connectivity index (χ4n) is 5.83. The number of anilines is 2. The zero-order chi connectivity index (χ0) is 37.6. The summed E-state index contributed by atoms with van der Waals surface area (Å²) in [6.07, 6.45) is 2.32. The van der Waals surface area contributed by atoms with Gasteiger partial charge >= 0.3 is 0 Å².